The van der Waals surface area contributed by atoms with Gasteiger partial charge in [0.25, 0.3) is 0 Å². The van der Waals surface area contributed by atoms with E-state index in [1.165, 1.54) is 0 Å². The van der Waals surface area contributed by atoms with Crippen LogP contribution in [0.25, 0.3) is 0 Å². The van der Waals surface area contributed by atoms with Crippen LogP contribution in [0.5, 0.6) is 0 Å². The summed E-state index contributed by atoms with van der Waals surface area (Å²) in [6, 6.07) is 5.43. The summed E-state index contributed by atoms with van der Waals surface area (Å²) in [5.74, 6) is -0.253. The maximum atomic E-state index is 10.5. The van der Waals surface area contributed by atoms with Gasteiger partial charge in [-0.05, 0) is 31.0 Å². The number of primary amides is 1. The van der Waals surface area contributed by atoms with Gasteiger partial charge in [0.1, 0.15) is 0 Å². The van der Waals surface area contributed by atoms with Crippen molar-refractivity contribution >= 4 is 23.0 Å². The molecule has 0 saturated heterocycles. The van der Waals surface area contributed by atoms with Crippen LogP contribution in [0.4, 0.5) is 17.1 Å². The predicted molar refractivity (Wildman–Crippen MR) is 66.8 cm³/mol. The molecule has 16 heavy (non-hydrogen) atoms. The molecule has 1 aromatic rings. The van der Waals surface area contributed by atoms with Crippen molar-refractivity contribution in [2.45, 2.75) is 19.3 Å². The summed E-state index contributed by atoms with van der Waals surface area (Å²) in [6.07, 6.45) is 2.13. The van der Waals surface area contributed by atoms with Crippen molar-refractivity contribution < 1.29 is 4.79 Å². The van der Waals surface area contributed by atoms with Crippen LogP contribution < -0.4 is 22.5 Å². The number of nitrogen functional groups attached to an aromatic ring is 2. The topological polar surface area (TPSA) is 107 Å². The lowest BCUT2D eigenvalue weighted by Crippen LogP contribution is -2.11. The van der Waals surface area contributed by atoms with E-state index >= 15 is 0 Å². The summed E-state index contributed by atoms with van der Waals surface area (Å²) in [4.78, 5) is 10.5. The molecule has 1 aromatic carbocycles. The van der Waals surface area contributed by atoms with Crippen LogP contribution in [0.3, 0.4) is 0 Å². The fraction of sp³-hybridized carbons (Fsp3) is 0.364. The van der Waals surface area contributed by atoms with Crippen molar-refractivity contribution in [2.75, 3.05) is 23.3 Å². The predicted octanol–water partition coefficient (Wildman–Crippen LogP) is 0.918. The van der Waals surface area contributed by atoms with Gasteiger partial charge in [-0.15, -0.1) is 0 Å². The molecule has 0 spiro atoms. The second-order valence-corrected chi connectivity index (χ2v) is 3.69. The number of carbonyl (C=O) groups is 1. The molecular weight excluding hydrogens is 204 g/mol. The molecule has 0 heterocycles. The lowest BCUT2D eigenvalue weighted by Gasteiger charge is -2.07. The van der Waals surface area contributed by atoms with Gasteiger partial charge in [0.15, 0.2) is 0 Å². The van der Waals surface area contributed by atoms with E-state index in [9.17, 15) is 4.79 Å². The summed E-state index contributed by atoms with van der Waals surface area (Å²) in [7, 11) is 0. The van der Waals surface area contributed by atoms with Crippen LogP contribution in [0.15, 0.2) is 18.2 Å². The van der Waals surface area contributed by atoms with E-state index in [0.717, 1.165) is 25.1 Å². The number of amides is 1. The van der Waals surface area contributed by atoms with Gasteiger partial charge in [-0.2, -0.15) is 0 Å². The third-order valence-electron chi connectivity index (χ3n) is 2.27. The molecule has 5 nitrogen and oxygen atoms in total. The number of benzene rings is 1. The normalized spacial score (nSPS) is 10.0. The lowest BCUT2D eigenvalue weighted by atomic mass is 10.2. The van der Waals surface area contributed by atoms with E-state index in [4.69, 9.17) is 17.2 Å². The molecule has 5 heteroatoms. The molecule has 1 amide bonds. The summed E-state index contributed by atoms with van der Waals surface area (Å²) >= 11 is 0. The second kappa shape index (κ2) is 5.85. The number of nitrogens with one attached hydrogen (secondary N) is 1. The minimum absolute atomic E-state index is 0.253. The molecule has 0 fully saturated rings. The Morgan fingerprint density at radius 2 is 1.94 bits per heavy atom. The highest BCUT2D eigenvalue weighted by atomic mass is 16.1. The number of hydrogen-bond acceptors (Lipinski definition) is 4. The maximum absolute atomic E-state index is 10.5. The van der Waals surface area contributed by atoms with Gasteiger partial charge in [-0.1, -0.05) is 0 Å². The Morgan fingerprint density at radius 3 is 2.56 bits per heavy atom. The number of unbranched alkanes of at least 4 members (excludes halogenated alkanes) is 1. The number of carbonyl (C=O) groups excluding carboxylic acids is 1. The van der Waals surface area contributed by atoms with Gasteiger partial charge in [-0.3, -0.25) is 4.79 Å². The van der Waals surface area contributed by atoms with Crippen LogP contribution in [0.2, 0.25) is 0 Å². The van der Waals surface area contributed by atoms with Crippen LogP contribution in [-0.2, 0) is 4.79 Å². The molecule has 0 bridgehead atoms. The molecular formula is C11H18N4O. The average Bonchev–Trinajstić information content (AvgIpc) is 2.22. The minimum atomic E-state index is -0.253. The summed E-state index contributed by atoms with van der Waals surface area (Å²) in [5, 5.41) is 3.20. The summed E-state index contributed by atoms with van der Waals surface area (Å²) in [6.45, 7) is 0.788. The van der Waals surface area contributed by atoms with Gasteiger partial charge < -0.3 is 22.5 Å². The highest BCUT2D eigenvalue weighted by molar-refractivity contribution is 5.73. The first-order valence-electron chi connectivity index (χ1n) is 5.27. The van der Waals surface area contributed by atoms with Gasteiger partial charge in [0.05, 0.1) is 11.4 Å². The zero-order chi connectivity index (χ0) is 12.0. The third-order valence-corrected chi connectivity index (χ3v) is 2.27. The van der Waals surface area contributed by atoms with Gasteiger partial charge in [-0.25, -0.2) is 0 Å². The van der Waals surface area contributed by atoms with E-state index < -0.39 is 0 Å². The maximum Gasteiger partial charge on any atom is 0.217 e. The molecule has 0 atom stereocenters. The van der Waals surface area contributed by atoms with Crippen molar-refractivity contribution in [2.24, 2.45) is 5.73 Å². The van der Waals surface area contributed by atoms with Crippen LogP contribution in [-0.4, -0.2) is 12.5 Å². The highest BCUT2D eigenvalue weighted by Crippen LogP contribution is 2.19. The monoisotopic (exact) mass is 222 g/mol. The Morgan fingerprint density at radius 1 is 1.19 bits per heavy atom. The summed E-state index contributed by atoms with van der Waals surface area (Å²) < 4.78 is 0. The molecule has 0 unspecified atom stereocenters. The Balaban J connectivity index is 2.27. The quantitative estimate of drug-likeness (QED) is 0.424. The van der Waals surface area contributed by atoms with E-state index in [1.54, 1.807) is 12.1 Å². The number of rotatable bonds is 6. The first-order chi connectivity index (χ1) is 7.59. The Hall–Kier alpha value is -1.91. The van der Waals surface area contributed by atoms with Crippen LogP contribution in [0, 0.1) is 0 Å². The Bertz CT molecular complexity index is 365. The van der Waals surface area contributed by atoms with Gasteiger partial charge in [0, 0.05) is 18.7 Å². The van der Waals surface area contributed by atoms with E-state index in [2.05, 4.69) is 5.32 Å². The molecule has 0 aliphatic heterocycles. The van der Waals surface area contributed by atoms with Crippen molar-refractivity contribution in [3.05, 3.63) is 18.2 Å². The molecule has 0 aromatic heterocycles. The molecule has 88 valence electrons. The lowest BCUT2D eigenvalue weighted by molar-refractivity contribution is -0.118. The third kappa shape index (κ3) is 4.08. The van der Waals surface area contributed by atoms with Gasteiger partial charge >= 0.3 is 0 Å². The Labute approximate surface area is 95.0 Å². The zero-order valence-electron chi connectivity index (χ0n) is 9.20. The first-order valence-corrected chi connectivity index (χ1v) is 5.27. The number of hydrogen-bond donors (Lipinski definition) is 4. The fourth-order valence-electron chi connectivity index (χ4n) is 1.34. The zero-order valence-corrected chi connectivity index (χ0v) is 9.20. The van der Waals surface area contributed by atoms with Crippen LogP contribution in [0.1, 0.15) is 19.3 Å². The van der Waals surface area contributed by atoms with Crippen LogP contribution >= 0.6 is 0 Å². The summed E-state index contributed by atoms with van der Waals surface area (Å²) in [5.41, 5.74) is 18.4. The van der Waals surface area contributed by atoms with Gasteiger partial charge in [0.2, 0.25) is 5.91 Å². The fourth-order valence-corrected chi connectivity index (χ4v) is 1.34. The average molecular weight is 222 g/mol. The smallest absolute Gasteiger partial charge is 0.217 e. The number of anilines is 3. The molecule has 0 aliphatic rings. The second-order valence-electron chi connectivity index (χ2n) is 3.69. The van der Waals surface area contributed by atoms with E-state index in [0.29, 0.717) is 17.8 Å². The van der Waals surface area contributed by atoms with E-state index in [1.807, 2.05) is 6.07 Å². The Kier molecular flexibility index (Phi) is 4.44. The highest BCUT2D eigenvalue weighted by Gasteiger charge is 1.97. The molecule has 0 radical (unpaired) electrons. The first kappa shape index (κ1) is 12.2. The minimum Gasteiger partial charge on any atom is -0.397 e. The van der Waals surface area contributed by atoms with Crippen molar-refractivity contribution in [3.8, 4) is 0 Å². The number of nitrogens with two attached hydrogens (primary N) is 3. The van der Waals surface area contributed by atoms with E-state index in [-0.39, 0.29) is 5.91 Å². The van der Waals surface area contributed by atoms with Crippen molar-refractivity contribution in [1.29, 1.82) is 0 Å². The standard InChI is InChI=1S/C11H18N4O/c12-9-5-4-8(7-10(9)13)15-6-2-1-3-11(14)16/h4-5,7,15H,1-3,6,12-13H2,(H2,14,16). The largest absolute Gasteiger partial charge is 0.397 e. The van der Waals surface area contributed by atoms with Crippen molar-refractivity contribution in [1.82, 2.24) is 0 Å². The molecule has 1 rings (SSSR count). The molecule has 0 saturated carbocycles. The molecule has 0 aliphatic carbocycles. The molecule has 7 N–H and O–H groups in total. The SMILES string of the molecule is NC(=O)CCCCNc1ccc(N)c(N)c1. The van der Waals surface area contributed by atoms with Crippen molar-refractivity contribution in [3.63, 3.8) is 0 Å².